The van der Waals surface area contributed by atoms with E-state index in [1.807, 2.05) is 35.7 Å². The minimum Gasteiger partial charge on any atom is -0.450 e. The number of furan rings is 1. The molecule has 0 amide bonds. The highest BCUT2D eigenvalue weighted by Crippen LogP contribution is 2.33. The number of fused-ring (bicyclic) bond motifs is 3. The lowest BCUT2D eigenvalue weighted by Gasteiger charge is -2.16. The number of aliphatic hydroxyl groups excluding tert-OH is 1. The molecule has 23 heavy (non-hydrogen) atoms. The molecule has 0 radical (unpaired) electrons. The summed E-state index contributed by atoms with van der Waals surface area (Å²) in [6.45, 7) is 0.101. The maximum atomic E-state index is 9.35. The van der Waals surface area contributed by atoms with Crippen molar-refractivity contribution in [3.05, 3.63) is 53.0 Å². The number of hydrogen-bond donors (Lipinski definition) is 2. The highest BCUT2D eigenvalue weighted by molar-refractivity contribution is 7.10. The zero-order valence-corrected chi connectivity index (χ0v) is 13.1. The van der Waals surface area contributed by atoms with Gasteiger partial charge in [-0.3, -0.25) is 0 Å². The Labute approximate surface area is 136 Å². The number of rotatable bonds is 5. The second-order valence-corrected chi connectivity index (χ2v) is 6.20. The van der Waals surface area contributed by atoms with Gasteiger partial charge in [-0.15, -0.1) is 11.3 Å². The van der Waals surface area contributed by atoms with Gasteiger partial charge >= 0.3 is 0 Å². The molecule has 6 heteroatoms. The van der Waals surface area contributed by atoms with Gasteiger partial charge in [-0.25, -0.2) is 9.97 Å². The van der Waals surface area contributed by atoms with Gasteiger partial charge in [-0.1, -0.05) is 18.2 Å². The van der Waals surface area contributed by atoms with Gasteiger partial charge in [0.25, 0.3) is 0 Å². The van der Waals surface area contributed by atoms with Crippen LogP contribution in [0.3, 0.4) is 0 Å². The van der Waals surface area contributed by atoms with Crippen LogP contribution in [-0.2, 0) is 0 Å². The molecule has 0 spiro atoms. The molecule has 0 aliphatic carbocycles. The quantitative estimate of drug-likeness (QED) is 0.581. The van der Waals surface area contributed by atoms with Gasteiger partial charge in [0.05, 0.1) is 6.04 Å². The van der Waals surface area contributed by atoms with Gasteiger partial charge in [-0.05, 0) is 30.0 Å². The standard InChI is InChI=1S/C17H15N3O2S/c21-8-7-12(14-6-3-9-23-14)20-17-16-15(18-10-19-17)11-4-1-2-5-13(11)22-16/h1-6,9-10,12,21H,7-8H2,(H,18,19,20). The fourth-order valence-corrected chi connectivity index (χ4v) is 3.51. The molecule has 1 atom stereocenters. The number of benzene rings is 1. The number of thiophene rings is 1. The van der Waals surface area contributed by atoms with Crippen molar-refractivity contribution in [1.82, 2.24) is 9.97 Å². The SMILES string of the molecule is OCCC(Nc1ncnc2c1oc1ccccc12)c1cccs1. The van der Waals surface area contributed by atoms with Crippen LogP contribution in [0.4, 0.5) is 5.82 Å². The van der Waals surface area contributed by atoms with Crippen LogP contribution in [-0.4, -0.2) is 21.7 Å². The van der Waals surface area contributed by atoms with Crippen molar-refractivity contribution in [3.63, 3.8) is 0 Å². The molecular formula is C17H15N3O2S. The van der Waals surface area contributed by atoms with Crippen molar-refractivity contribution in [3.8, 4) is 0 Å². The summed E-state index contributed by atoms with van der Waals surface area (Å²) in [5.41, 5.74) is 2.24. The lowest BCUT2D eigenvalue weighted by Crippen LogP contribution is -2.12. The van der Waals surface area contributed by atoms with Crippen LogP contribution in [0.25, 0.3) is 22.1 Å². The average molecular weight is 325 g/mol. The van der Waals surface area contributed by atoms with Crippen molar-refractivity contribution in [1.29, 1.82) is 0 Å². The summed E-state index contributed by atoms with van der Waals surface area (Å²) in [7, 11) is 0. The van der Waals surface area contributed by atoms with Crippen LogP contribution in [0.1, 0.15) is 17.3 Å². The highest BCUT2D eigenvalue weighted by atomic mass is 32.1. The molecule has 4 rings (SSSR count). The lowest BCUT2D eigenvalue weighted by molar-refractivity contribution is 0.280. The molecule has 0 saturated carbocycles. The molecule has 0 saturated heterocycles. The van der Waals surface area contributed by atoms with Gasteiger partial charge in [0.15, 0.2) is 11.4 Å². The van der Waals surface area contributed by atoms with E-state index in [1.165, 1.54) is 6.33 Å². The number of hydrogen-bond acceptors (Lipinski definition) is 6. The first-order valence-electron chi connectivity index (χ1n) is 7.40. The second-order valence-electron chi connectivity index (χ2n) is 5.22. The van der Waals surface area contributed by atoms with Crippen molar-refractivity contribution >= 4 is 39.2 Å². The summed E-state index contributed by atoms with van der Waals surface area (Å²) >= 11 is 1.65. The largest absolute Gasteiger partial charge is 0.450 e. The van der Waals surface area contributed by atoms with E-state index in [0.717, 1.165) is 21.4 Å². The number of para-hydroxylation sites is 1. The smallest absolute Gasteiger partial charge is 0.196 e. The molecule has 1 unspecified atom stereocenters. The Morgan fingerprint density at radius 3 is 2.91 bits per heavy atom. The number of aromatic nitrogens is 2. The normalized spacial score (nSPS) is 12.7. The molecular weight excluding hydrogens is 310 g/mol. The molecule has 116 valence electrons. The van der Waals surface area contributed by atoms with E-state index in [0.29, 0.717) is 17.8 Å². The van der Waals surface area contributed by atoms with E-state index in [2.05, 4.69) is 21.4 Å². The Morgan fingerprint density at radius 2 is 2.09 bits per heavy atom. The first-order valence-corrected chi connectivity index (χ1v) is 8.28. The lowest BCUT2D eigenvalue weighted by atomic mass is 10.1. The Balaban J connectivity index is 1.79. The van der Waals surface area contributed by atoms with E-state index >= 15 is 0 Å². The maximum Gasteiger partial charge on any atom is 0.196 e. The fourth-order valence-electron chi connectivity index (χ4n) is 2.70. The van der Waals surface area contributed by atoms with E-state index in [1.54, 1.807) is 11.3 Å². The van der Waals surface area contributed by atoms with Gasteiger partial charge in [0.1, 0.15) is 17.4 Å². The summed E-state index contributed by atoms with van der Waals surface area (Å²) in [5, 5.41) is 15.7. The predicted octanol–water partition coefficient (Wildman–Crippen LogP) is 3.97. The number of anilines is 1. The topological polar surface area (TPSA) is 71.2 Å². The van der Waals surface area contributed by atoms with Crippen molar-refractivity contribution in [2.24, 2.45) is 0 Å². The van der Waals surface area contributed by atoms with Crippen molar-refractivity contribution < 1.29 is 9.52 Å². The van der Waals surface area contributed by atoms with Crippen LogP contribution >= 0.6 is 11.3 Å². The van der Waals surface area contributed by atoms with E-state index in [-0.39, 0.29) is 12.6 Å². The molecule has 0 fully saturated rings. The first kappa shape index (κ1) is 14.2. The molecule has 1 aromatic carbocycles. The Kier molecular flexibility index (Phi) is 3.69. The van der Waals surface area contributed by atoms with Gasteiger partial charge in [0.2, 0.25) is 0 Å². The zero-order valence-electron chi connectivity index (χ0n) is 12.3. The summed E-state index contributed by atoms with van der Waals surface area (Å²) < 4.78 is 5.93. The Morgan fingerprint density at radius 1 is 1.17 bits per heavy atom. The van der Waals surface area contributed by atoms with Crippen LogP contribution < -0.4 is 5.32 Å². The third kappa shape index (κ3) is 2.56. The first-order chi connectivity index (χ1) is 11.4. The third-order valence-corrected chi connectivity index (χ3v) is 4.76. The van der Waals surface area contributed by atoms with E-state index < -0.39 is 0 Å². The van der Waals surface area contributed by atoms with Crippen molar-refractivity contribution in [2.75, 3.05) is 11.9 Å². The highest BCUT2D eigenvalue weighted by Gasteiger charge is 2.17. The predicted molar refractivity (Wildman–Crippen MR) is 91.7 cm³/mol. The Hall–Kier alpha value is -2.44. The Bertz CT molecular complexity index is 933. The fraction of sp³-hybridized carbons (Fsp3) is 0.176. The zero-order chi connectivity index (χ0) is 15.6. The number of nitrogens with one attached hydrogen (secondary N) is 1. The van der Waals surface area contributed by atoms with Crippen LogP contribution in [0.15, 0.2) is 52.5 Å². The second kappa shape index (κ2) is 5.98. The van der Waals surface area contributed by atoms with Gasteiger partial charge < -0.3 is 14.8 Å². The summed E-state index contributed by atoms with van der Waals surface area (Å²) in [6, 6.07) is 11.9. The third-order valence-electron chi connectivity index (χ3n) is 3.77. The molecule has 5 nitrogen and oxygen atoms in total. The van der Waals surface area contributed by atoms with E-state index in [9.17, 15) is 5.11 Å². The van der Waals surface area contributed by atoms with E-state index in [4.69, 9.17) is 4.42 Å². The van der Waals surface area contributed by atoms with Gasteiger partial charge in [0, 0.05) is 16.9 Å². The molecule has 0 aliphatic rings. The average Bonchev–Trinajstić information content (AvgIpc) is 3.23. The van der Waals surface area contributed by atoms with Crippen LogP contribution in [0.2, 0.25) is 0 Å². The monoisotopic (exact) mass is 325 g/mol. The van der Waals surface area contributed by atoms with Crippen LogP contribution in [0, 0.1) is 0 Å². The molecule has 0 bridgehead atoms. The van der Waals surface area contributed by atoms with Crippen LogP contribution in [0.5, 0.6) is 0 Å². The molecule has 3 aromatic heterocycles. The summed E-state index contributed by atoms with van der Waals surface area (Å²) in [5.74, 6) is 0.651. The maximum absolute atomic E-state index is 9.35. The van der Waals surface area contributed by atoms with Gasteiger partial charge in [-0.2, -0.15) is 0 Å². The minimum atomic E-state index is -0.00804. The van der Waals surface area contributed by atoms with Crippen molar-refractivity contribution in [2.45, 2.75) is 12.5 Å². The summed E-state index contributed by atoms with van der Waals surface area (Å²) in [4.78, 5) is 9.85. The molecule has 0 aliphatic heterocycles. The minimum absolute atomic E-state index is 0.00804. The summed E-state index contributed by atoms with van der Waals surface area (Å²) in [6.07, 6.45) is 2.14. The number of nitrogens with zero attached hydrogens (tertiary/aromatic N) is 2. The number of aliphatic hydroxyl groups is 1. The molecule has 3 heterocycles. The molecule has 2 N–H and O–H groups in total. The molecule has 4 aromatic rings.